The van der Waals surface area contributed by atoms with Gasteiger partial charge in [-0.25, -0.2) is 17.7 Å². The third kappa shape index (κ3) is 4.04. The maximum atomic E-state index is 12.1. The highest BCUT2D eigenvalue weighted by Gasteiger charge is 2.28. The summed E-state index contributed by atoms with van der Waals surface area (Å²) in [6.07, 6.45) is 0. The number of aromatic nitrogens is 1. The summed E-state index contributed by atoms with van der Waals surface area (Å²) in [5.41, 5.74) is 0.200. The lowest BCUT2D eigenvalue weighted by Crippen LogP contribution is -2.29. The molecule has 1 heterocycles. The average Bonchev–Trinajstić information content (AvgIpc) is 3.03. The SMILES string of the molecule is CN(C)S(=O)(=O)c1ccc(-c2csc(NC(=O)C(C)(C)C#N)n2)cc1. The normalized spacial score (nSPS) is 12.0. The third-order valence-electron chi connectivity index (χ3n) is 3.50. The minimum absolute atomic E-state index is 0.195. The Balaban J connectivity index is 2.21. The van der Waals surface area contributed by atoms with Gasteiger partial charge in [-0.05, 0) is 26.0 Å². The van der Waals surface area contributed by atoms with E-state index in [1.54, 1.807) is 17.5 Å². The van der Waals surface area contributed by atoms with Gasteiger partial charge in [-0.15, -0.1) is 11.3 Å². The number of carbonyl (C=O) groups excluding carboxylic acids is 1. The lowest BCUT2D eigenvalue weighted by Gasteiger charge is -2.13. The molecule has 25 heavy (non-hydrogen) atoms. The van der Waals surface area contributed by atoms with Crippen LogP contribution in [0.2, 0.25) is 0 Å². The van der Waals surface area contributed by atoms with Gasteiger partial charge in [0.15, 0.2) is 5.13 Å². The van der Waals surface area contributed by atoms with Gasteiger partial charge < -0.3 is 5.32 Å². The molecule has 1 amide bonds. The van der Waals surface area contributed by atoms with Gasteiger partial charge >= 0.3 is 0 Å². The molecular weight excluding hydrogens is 360 g/mol. The minimum atomic E-state index is -3.48. The van der Waals surface area contributed by atoms with Crippen LogP contribution in [0, 0.1) is 16.7 Å². The number of nitriles is 1. The van der Waals surface area contributed by atoms with Crippen LogP contribution in [0.15, 0.2) is 34.5 Å². The van der Waals surface area contributed by atoms with E-state index in [4.69, 9.17) is 5.26 Å². The van der Waals surface area contributed by atoms with E-state index in [0.717, 1.165) is 9.87 Å². The zero-order valence-corrected chi connectivity index (χ0v) is 15.9. The van der Waals surface area contributed by atoms with Crippen LogP contribution >= 0.6 is 11.3 Å². The molecule has 9 heteroatoms. The van der Waals surface area contributed by atoms with Gasteiger partial charge in [-0.2, -0.15) is 5.26 Å². The zero-order valence-electron chi connectivity index (χ0n) is 14.3. The Bertz CT molecular complexity index is 923. The van der Waals surface area contributed by atoms with E-state index in [9.17, 15) is 13.2 Å². The Morgan fingerprint density at radius 2 is 1.88 bits per heavy atom. The van der Waals surface area contributed by atoms with Gasteiger partial charge in [-0.1, -0.05) is 12.1 Å². The fourth-order valence-corrected chi connectivity index (χ4v) is 3.39. The van der Waals surface area contributed by atoms with E-state index < -0.39 is 21.3 Å². The molecule has 0 aliphatic heterocycles. The van der Waals surface area contributed by atoms with Gasteiger partial charge in [0.1, 0.15) is 5.41 Å². The monoisotopic (exact) mass is 378 g/mol. The first-order valence-corrected chi connectivity index (χ1v) is 9.61. The summed E-state index contributed by atoms with van der Waals surface area (Å²) in [6, 6.07) is 8.29. The van der Waals surface area contributed by atoms with E-state index in [2.05, 4.69) is 10.3 Å². The molecule has 0 unspecified atom stereocenters. The first kappa shape index (κ1) is 19.1. The van der Waals surface area contributed by atoms with Crippen LogP contribution in [0.4, 0.5) is 5.13 Å². The Morgan fingerprint density at radius 3 is 2.40 bits per heavy atom. The molecule has 0 fully saturated rings. The fraction of sp³-hybridized carbons (Fsp3) is 0.312. The highest BCUT2D eigenvalue weighted by Crippen LogP contribution is 2.27. The number of hydrogen-bond acceptors (Lipinski definition) is 6. The van der Waals surface area contributed by atoms with Crippen LogP contribution in [0.1, 0.15) is 13.8 Å². The van der Waals surface area contributed by atoms with Gasteiger partial charge in [0, 0.05) is 25.0 Å². The molecule has 0 saturated carbocycles. The number of hydrogen-bond donors (Lipinski definition) is 1. The smallest absolute Gasteiger partial charge is 0.246 e. The second-order valence-corrected chi connectivity index (χ2v) is 9.05. The topological polar surface area (TPSA) is 103 Å². The van der Waals surface area contributed by atoms with Gasteiger partial charge in [0.25, 0.3) is 0 Å². The maximum Gasteiger partial charge on any atom is 0.246 e. The molecule has 2 aromatic rings. The molecule has 1 aromatic heterocycles. The fourth-order valence-electron chi connectivity index (χ4n) is 1.78. The van der Waals surface area contributed by atoms with Crippen LogP contribution in [0.3, 0.4) is 0 Å². The van der Waals surface area contributed by atoms with Crippen molar-refractivity contribution in [3.05, 3.63) is 29.6 Å². The van der Waals surface area contributed by atoms with Crippen LogP contribution in [-0.2, 0) is 14.8 Å². The van der Waals surface area contributed by atoms with Crippen LogP contribution < -0.4 is 5.32 Å². The molecule has 0 saturated heterocycles. The number of carbonyl (C=O) groups is 1. The predicted octanol–water partition coefficient (Wildman–Crippen LogP) is 2.55. The van der Waals surface area contributed by atoms with Crippen molar-refractivity contribution in [1.82, 2.24) is 9.29 Å². The number of amides is 1. The molecule has 1 aromatic carbocycles. The standard InChI is InChI=1S/C16H18N4O3S2/c1-16(2,10-17)14(21)19-15-18-13(9-24-15)11-5-7-12(8-6-11)25(22,23)20(3)4/h5-9H,1-4H3,(H,18,19,21). The van der Waals surface area contributed by atoms with Gasteiger partial charge in [0.05, 0.1) is 16.7 Å². The lowest BCUT2D eigenvalue weighted by atomic mass is 9.95. The van der Waals surface area contributed by atoms with Crippen molar-refractivity contribution in [3.8, 4) is 17.3 Å². The Morgan fingerprint density at radius 1 is 1.28 bits per heavy atom. The van der Waals surface area contributed by atoms with Crippen LogP contribution in [0.5, 0.6) is 0 Å². The molecule has 0 aliphatic carbocycles. The Hall–Kier alpha value is -2.28. The Labute approximate surface area is 151 Å². The highest BCUT2D eigenvalue weighted by atomic mass is 32.2. The minimum Gasteiger partial charge on any atom is -0.301 e. The maximum absolute atomic E-state index is 12.1. The van der Waals surface area contributed by atoms with Crippen molar-refractivity contribution in [2.24, 2.45) is 5.41 Å². The Kier molecular flexibility index (Phi) is 5.27. The van der Waals surface area contributed by atoms with Gasteiger partial charge in [0.2, 0.25) is 15.9 Å². The van der Waals surface area contributed by atoms with Crippen molar-refractivity contribution in [1.29, 1.82) is 5.26 Å². The third-order valence-corrected chi connectivity index (χ3v) is 6.09. The van der Waals surface area contributed by atoms with Crippen LogP contribution in [-0.4, -0.2) is 37.7 Å². The van der Waals surface area contributed by atoms with E-state index in [1.807, 2.05) is 6.07 Å². The molecule has 2 rings (SSSR count). The largest absolute Gasteiger partial charge is 0.301 e. The molecule has 132 valence electrons. The summed E-state index contributed by atoms with van der Waals surface area (Å²) in [6.45, 7) is 3.06. The molecule has 0 atom stereocenters. The number of nitrogens with one attached hydrogen (secondary N) is 1. The molecule has 7 nitrogen and oxygen atoms in total. The molecular formula is C16H18N4O3S2. The number of nitrogens with zero attached hydrogens (tertiary/aromatic N) is 3. The number of anilines is 1. The van der Waals surface area contributed by atoms with Gasteiger partial charge in [-0.3, -0.25) is 4.79 Å². The number of benzene rings is 1. The second kappa shape index (κ2) is 6.92. The first-order valence-electron chi connectivity index (χ1n) is 7.29. The van der Waals surface area contributed by atoms with E-state index >= 15 is 0 Å². The lowest BCUT2D eigenvalue weighted by molar-refractivity contribution is -0.121. The van der Waals surface area contributed by atoms with Crippen molar-refractivity contribution < 1.29 is 13.2 Å². The summed E-state index contributed by atoms with van der Waals surface area (Å²) in [5.74, 6) is -0.427. The summed E-state index contributed by atoms with van der Waals surface area (Å²) in [7, 11) is -0.531. The zero-order chi connectivity index (χ0) is 18.8. The quantitative estimate of drug-likeness (QED) is 0.861. The van der Waals surface area contributed by atoms with Crippen LogP contribution in [0.25, 0.3) is 11.3 Å². The summed E-state index contributed by atoms with van der Waals surface area (Å²) in [5, 5.41) is 13.7. The molecule has 0 bridgehead atoms. The summed E-state index contributed by atoms with van der Waals surface area (Å²) >= 11 is 1.24. The van der Waals surface area contributed by atoms with Crippen molar-refractivity contribution in [3.63, 3.8) is 0 Å². The van der Waals surface area contributed by atoms with E-state index in [-0.39, 0.29) is 4.90 Å². The van der Waals surface area contributed by atoms with E-state index in [0.29, 0.717) is 10.8 Å². The summed E-state index contributed by atoms with van der Waals surface area (Å²) < 4.78 is 25.3. The second-order valence-electron chi connectivity index (χ2n) is 6.04. The number of rotatable bonds is 5. The number of thiazole rings is 1. The highest BCUT2D eigenvalue weighted by molar-refractivity contribution is 7.89. The summed E-state index contributed by atoms with van der Waals surface area (Å²) in [4.78, 5) is 16.5. The number of sulfonamides is 1. The predicted molar refractivity (Wildman–Crippen MR) is 96.4 cm³/mol. The molecule has 0 radical (unpaired) electrons. The molecule has 0 spiro atoms. The first-order chi connectivity index (χ1) is 11.6. The van der Waals surface area contributed by atoms with E-state index in [1.165, 1.54) is 51.4 Å². The van der Waals surface area contributed by atoms with Crippen molar-refractivity contribution >= 4 is 32.4 Å². The molecule has 1 N–H and O–H groups in total. The van der Waals surface area contributed by atoms with Crippen molar-refractivity contribution in [2.75, 3.05) is 19.4 Å². The average molecular weight is 378 g/mol. The van der Waals surface area contributed by atoms with Crippen molar-refractivity contribution in [2.45, 2.75) is 18.7 Å². The molecule has 0 aliphatic rings.